The summed E-state index contributed by atoms with van der Waals surface area (Å²) < 4.78 is 26.2. The predicted molar refractivity (Wildman–Crippen MR) is 77.5 cm³/mol. The van der Waals surface area contributed by atoms with Crippen molar-refractivity contribution in [1.82, 2.24) is 5.32 Å². The largest absolute Gasteiger partial charge is 0.349 e. The molecule has 0 spiro atoms. The third-order valence-electron chi connectivity index (χ3n) is 4.37. The average molecular weight is 296 g/mol. The van der Waals surface area contributed by atoms with Crippen LogP contribution in [0.25, 0.3) is 0 Å². The van der Waals surface area contributed by atoms with E-state index >= 15 is 0 Å². The van der Waals surface area contributed by atoms with Crippen LogP contribution in [0.15, 0.2) is 18.2 Å². The maximum absolute atomic E-state index is 13.2. The molecule has 116 valence electrons. The van der Waals surface area contributed by atoms with Gasteiger partial charge in [-0.05, 0) is 44.4 Å². The molecule has 3 atom stereocenters. The molecule has 0 heterocycles. The first kappa shape index (κ1) is 15.9. The summed E-state index contributed by atoms with van der Waals surface area (Å²) in [4.78, 5) is 12.4. The monoisotopic (exact) mass is 296 g/mol. The lowest BCUT2D eigenvalue weighted by Gasteiger charge is -2.37. The third kappa shape index (κ3) is 3.59. The van der Waals surface area contributed by atoms with Crippen molar-refractivity contribution >= 4 is 5.91 Å². The third-order valence-corrected chi connectivity index (χ3v) is 4.37. The molecule has 3 N–H and O–H groups in total. The van der Waals surface area contributed by atoms with Crippen LogP contribution in [0.1, 0.15) is 51.1 Å². The van der Waals surface area contributed by atoms with E-state index in [1.807, 2.05) is 6.92 Å². The van der Waals surface area contributed by atoms with Gasteiger partial charge in [-0.1, -0.05) is 18.9 Å². The molecule has 1 aliphatic carbocycles. The van der Waals surface area contributed by atoms with Gasteiger partial charge in [0.2, 0.25) is 5.91 Å². The van der Waals surface area contributed by atoms with E-state index in [-0.39, 0.29) is 17.9 Å². The maximum Gasteiger partial charge on any atom is 0.225 e. The van der Waals surface area contributed by atoms with Crippen LogP contribution < -0.4 is 11.1 Å². The van der Waals surface area contributed by atoms with Crippen molar-refractivity contribution in [3.05, 3.63) is 35.4 Å². The molecule has 1 fully saturated rings. The summed E-state index contributed by atoms with van der Waals surface area (Å²) in [6, 6.07) is 3.28. The zero-order valence-corrected chi connectivity index (χ0v) is 12.5. The van der Waals surface area contributed by atoms with Crippen LogP contribution in [0.5, 0.6) is 0 Å². The Morgan fingerprint density at radius 1 is 1.38 bits per heavy atom. The van der Waals surface area contributed by atoms with Gasteiger partial charge in [-0.25, -0.2) is 8.78 Å². The van der Waals surface area contributed by atoms with Gasteiger partial charge in [-0.15, -0.1) is 0 Å². The Bertz CT molecular complexity index is 531. The van der Waals surface area contributed by atoms with Crippen LogP contribution in [0.2, 0.25) is 0 Å². The first-order valence-electron chi connectivity index (χ1n) is 7.35. The molecule has 1 amide bonds. The van der Waals surface area contributed by atoms with Crippen LogP contribution in [0.4, 0.5) is 8.78 Å². The fraction of sp³-hybridized carbons (Fsp3) is 0.562. The van der Waals surface area contributed by atoms with Crippen LogP contribution in [0.3, 0.4) is 0 Å². The molecule has 0 aromatic heterocycles. The van der Waals surface area contributed by atoms with Crippen molar-refractivity contribution in [3.8, 4) is 0 Å². The molecule has 1 aromatic carbocycles. The van der Waals surface area contributed by atoms with E-state index in [2.05, 4.69) is 5.32 Å². The van der Waals surface area contributed by atoms with Gasteiger partial charge in [0.05, 0.1) is 12.0 Å². The molecule has 1 aromatic rings. The van der Waals surface area contributed by atoms with Gasteiger partial charge in [0.25, 0.3) is 0 Å². The summed E-state index contributed by atoms with van der Waals surface area (Å²) in [5.74, 6) is -2.15. The number of halogens is 2. The minimum atomic E-state index is -0.907. The number of amides is 1. The number of benzene rings is 1. The number of nitrogens with two attached hydrogens (primary N) is 1. The highest BCUT2D eigenvalue weighted by Crippen LogP contribution is 2.32. The Kier molecular flexibility index (Phi) is 4.61. The molecule has 0 bridgehead atoms. The van der Waals surface area contributed by atoms with Crippen molar-refractivity contribution in [1.29, 1.82) is 0 Å². The smallest absolute Gasteiger partial charge is 0.225 e. The van der Waals surface area contributed by atoms with Gasteiger partial charge in [-0.2, -0.15) is 0 Å². The molecular weight excluding hydrogens is 274 g/mol. The lowest BCUT2D eigenvalue weighted by atomic mass is 9.74. The topological polar surface area (TPSA) is 55.1 Å². The molecule has 3 unspecified atom stereocenters. The molecule has 1 aliphatic rings. The van der Waals surface area contributed by atoms with E-state index in [4.69, 9.17) is 5.73 Å². The van der Waals surface area contributed by atoms with Crippen molar-refractivity contribution in [2.45, 2.75) is 51.1 Å². The lowest BCUT2D eigenvalue weighted by molar-refractivity contribution is -0.128. The van der Waals surface area contributed by atoms with Gasteiger partial charge in [0, 0.05) is 5.54 Å². The highest BCUT2D eigenvalue weighted by molar-refractivity contribution is 5.80. The molecule has 1 saturated carbocycles. The van der Waals surface area contributed by atoms with E-state index in [0.29, 0.717) is 5.56 Å². The fourth-order valence-corrected chi connectivity index (χ4v) is 2.97. The van der Waals surface area contributed by atoms with E-state index in [9.17, 15) is 13.6 Å². The van der Waals surface area contributed by atoms with Crippen molar-refractivity contribution in [2.24, 2.45) is 11.7 Å². The molecule has 5 heteroatoms. The Labute approximate surface area is 123 Å². The number of carbonyl (C=O) groups is 1. The number of carbonyl (C=O) groups excluding carboxylic acids is 1. The second-order valence-electron chi connectivity index (χ2n) is 6.21. The van der Waals surface area contributed by atoms with Gasteiger partial charge in [-0.3, -0.25) is 4.79 Å². The number of hydrogen-bond acceptors (Lipinski definition) is 2. The first-order chi connectivity index (χ1) is 9.81. The van der Waals surface area contributed by atoms with Crippen LogP contribution in [0, 0.1) is 17.6 Å². The summed E-state index contributed by atoms with van der Waals surface area (Å²) >= 11 is 0. The first-order valence-corrected chi connectivity index (χ1v) is 7.35. The quantitative estimate of drug-likeness (QED) is 0.900. The Balaban J connectivity index is 2.06. The summed E-state index contributed by atoms with van der Waals surface area (Å²) in [6.45, 7) is 3.65. The zero-order valence-electron chi connectivity index (χ0n) is 12.5. The molecule has 2 rings (SSSR count). The zero-order chi connectivity index (χ0) is 15.6. The molecule has 21 heavy (non-hydrogen) atoms. The Morgan fingerprint density at radius 2 is 2.10 bits per heavy atom. The molecule has 3 nitrogen and oxygen atoms in total. The number of hydrogen-bond donors (Lipinski definition) is 2. The van der Waals surface area contributed by atoms with Gasteiger partial charge in [0.1, 0.15) is 0 Å². The Morgan fingerprint density at radius 3 is 2.71 bits per heavy atom. The maximum atomic E-state index is 13.2. The lowest BCUT2D eigenvalue weighted by Crippen LogP contribution is -2.53. The summed E-state index contributed by atoms with van der Waals surface area (Å²) in [6.07, 6.45) is 3.62. The predicted octanol–water partition coefficient (Wildman–Crippen LogP) is 3.05. The minimum Gasteiger partial charge on any atom is -0.349 e. The second kappa shape index (κ2) is 6.10. The molecule has 0 radical (unpaired) electrons. The summed E-state index contributed by atoms with van der Waals surface area (Å²) in [5.41, 5.74) is 6.25. The molecule has 0 aliphatic heterocycles. The van der Waals surface area contributed by atoms with Gasteiger partial charge < -0.3 is 11.1 Å². The SMILES string of the molecule is CC(NC(=O)C1CCCCC1(C)N)c1ccc(F)c(F)c1. The van der Waals surface area contributed by atoms with E-state index in [1.165, 1.54) is 6.07 Å². The highest BCUT2D eigenvalue weighted by Gasteiger charge is 2.38. The van der Waals surface area contributed by atoms with Crippen molar-refractivity contribution in [3.63, 3.8) is 0 Å². The van der Waals surface area contributed by atoms with Crippen LogP contribution in [-0.2, 0) is 4.79 Å². The van der Waals surface area contributed by atoms with Crippen molar-refractivity contribution < 1.29 is 13.6 Å². The summed E-state index contributed by atoms with van der Waals surface area (Å²) in [7, 11) is 0. The minimum absolute atomic E-state index is 0.114. The van der Waals surface area contributed by atoms with Gasteiger partial charge >= 0.3 is 0 Å². The molecule has 0 saturated heterocycles. The standard InChI is InChI=1S/C16H22F2N2O/c1-10(11-6-7-13(17)14(18)9-11)20-15(21)12-5-3-4-8-16(12,2)19/h6-7,9-10,12H,3-5,8,19H2,1-2H3,(H,20,21). The second-order valence-corrected chi connectivity index (χ2v) is 6.21. The average Bonchev–Trinajstić information content (AvgIpc) is 2.41. The normalized spacial score (nSPS) is 27.2. The van der Waals surface area contributed by atoms with E-state index < -0.39 is 17.2 Å². The number of rotatable bonds is 3. The van der Waals surface area contributed by atoms with Crippen LogP contribution >= 0.6 is 0 Å². The Hall–Kier alpha value is -1.49. The molecular formula is C16H22F2N2O. The summed E-state index contributed by atoms with van der Waals surface area (Å²) in [5, 5.41) is 2.86. The number of nitrogens with one attached hydrogen (secondary N) is 1. The highest BCUT2D eigenvalue weighted by atomic mass is 19.2. The van der Waals surface area contributed by atoms with Crippen LogP contribution in [-0.4, -0.2) is 11.4 Å². The van der Waals surface area contributed by atoms with Gasteiger partial charge in [0.15, 0.2) is 11.6 Å². The fourth-order valence-electron chi connectivity index (χ4n) is 2.97. The van der Waals surface area contributed by atoms with E-state index in [1.54, 1.807) is 6.92 Å². The van der Waals surface area contributed by atoms with Crippen molar-refractivity contribution in [2.75, 3.05) is 0 Å². The van der Waals surface area contributed by atoms with E-state index in [0.717, 1.165) is 37.8 Å².